The van der Waals surface area contributed by atoms with Crippen LogP contribution in [0.4, 0.5) is 8.78 Å². The summed E-state index contributed by atoms with van der Waals surface area (Å²) in [7, 11) is 1.66. The monoisotopic (exact) mass is 416 g/mol. The van der Waals surface area contributed by atoms with Crippen LogP contribution < -0.4 is 4.74 Å². The van der Waals surface area contributed by atoms with Crippen LogP contribution in [0.5, 0.6) is 5.75 Å². The predicted molar refractivity (Wildman–Crippen MR) is 113 cm³/mol. The summed E-state index contributed by atoms with van der Waals surface area (Å²) in [5.74, 6) is -0.389. The summed E-state index contributed by atoms with van der Waals surface area (Å²) >= 11 is 0. The summed E-state index contributed by atoms with van der Waals surface area (Å²) in [5, 5.41) is 0. The molecular weight excluding hydrogens is 386 g/mol. The Morgan fingerprint density at radius 1 is 1.17 bits per heavy atom. The Bertz CT molecular complexity index is 887. The van der Waals surface area contributed by atoms with Gasteiger partial charge in [-0.1, -0.05) is 24.3 Å². The fraction of sp³-hybridized carbons (Fsp3) is 0.458. The van der Waals surface area contributed by atoms with Crippen LogP contribution in [0.25, 0.3) is 0 Å². The van der Waals surface area contributed by atoms with Crippen LogP contribution in [-0.4, -0.2) is 48.5 Å². The van der Waals surface area contributed by atoms with Crippen LogP contribution in [0.15, 0.2) is 42.5 Å². The van der Waals surface area contributed by atoms with Crippen LogP contribution in [-0.2, 0) is 11.3 Å². The van der Waals surface area contributed by atoms with Crippen molar-refractivity contribution in [1.29, 1.82) is 0 Å². The van der Waals surface area contributed by atoms with Gasteiger partial charge in [-0.2, -0.15) is 0 Å². The number of benzene rings is 2. The summed E-state index contributed by atoms with van der Waals surface area (Å²) in [5.41, 5.74) is 1.85. The SMILES string of the molecule is COc1ccccc1C1CN(Cc2ccc(F)c(F)c2)CC1CN(C(C)=O)C(C)C. The standard InChI is InChI=1S/C24H30F2N2O2/c1-16(2)28(17(3)29)14-19-13-27(12-18-9-10-22(25)23(26)11-18)15-21(19)20-7-5-6-8-24(20)30-4/h5-11,16,19,21H,12-15H2,1-4H3. The Morgan fingerprint density at radius 2 is 1.90 bits per heavy atom. The maximum absolute atomic E-state index is 13.7. The van der Waals surface area contributed by atoms with Crippen molar-refractivity contribution in [2.75, 3.05) is 26.7 Å². The number of hydrogen-bond acceptors (Lipinski definition) is 3. The smallest absolute Gasteiger partial charge is 0.219 e. The minimum Gasteiger partial charge on any atom is -0.496 e. The quantitative estimate of drug-likeness (QED) is 0.669. The number of carbonyl (C=O) groups is 1. The number of rotatable bonds is 7. The topological polar surface area (TPSA) is 32.8 Å². The molecule has 4 nitrogen and oxygen atoms in total. The highest BCUT2D eigenvalue weighted by Crippen LogP contribution is 2.38. The number of nitrogens with zero attached hydrogens (tertiary/aromatic N) is 2. The lowest BCUT2D eigenvalue weighted by Crippen LogP contribution is -2.40. The summed E-state index contributed by atoms with van der Waals surface area (Å²) in [6.07, 6.45) is 0. The van der Waals surface area contributed by atoms with Crippen LogP contribution in [0.1, 0.15) is 37.8 Å². The van der Waals surface area contributed by atoms with E-state index >= 15 is 0 Å². The van der Waals surface area contributed by atoms with E-state index in [1.165, 1.54) is 12.1 Å². The van der Waals surface area contributed by atoms with E-state index in [1.54, 1.807) is 20.1 Å². The molecule has 0 bridgehead atoms. The van der Waals surface area contributed by atoms with E-state index in [9.17, 15) is 13.6 Å². The fourth-order valence-electron chi connectivity index (χ4n) is 4.45. The van der Waals surface area contributed by atoms with E-state index in [-0.39, 0.29) is 23.8 Å². The minimum atomic E-state index is -0.834. The van der Waals surface area contributed by atoms with Crippen LogP contribution in [0.3, 0.4) is 0 Å². The van der Waals surface area contributed by atoms with Gasteiger partial charge in [0.1, 0.15) is 5.75 Å². The first-order valence-electron chi connectivity index (χ1n) is 10.4. The zero-order chi connectivity index (χ0) is 21.8. The van der Waals surface area contributed by atoms with E-state index < -0.39 is 11.6 Å². The maximum atomic E-state index is 13.7. The second kappa shape index (κ2) is 9.56. The van der Waals surface area contributed by atoms with Crippen molar-refractivity contribution >= 4 is 5.91 Å². The van der Waals surface area contributed by atoms with Crippen molar-refractivity contribution < 1.29 is 18.3 Å². The molecule has 1 heterocycles. The third-order valence-corrected chi connectivity index (χ3v) is 5.90. The molecule has 1 aliphatic rings. The van der Waals surface area contributed by atoms with Gasteiger partial charge in [0.25, 0.3) is 0 Å². The van der Waals surface area contributed by atoms with Crippen LogP contribution in [0, 0.1) is 17.6 Å². The second-order valence-corrected chi connectivity index (χ2v) is 8.32. The number of likely N-dealkylation sites (tertiary alicyclic amines) is 1. The highest BCUT2D eigenvalue weighted by molar-refractivity contribution is 5.73. The molecule has 0 radical (unpaired) electrons. The molecule has 0 saturated carbocycles. The molecule has 0 aromatic heterocycles. The molecular formula is C24H30F2N2O2. The molecule has 0 aliphatic carbocycles. The molecule has 30 heavy (non-hydrogen) atoms. The van der Waals surface area contributed by atoms with Gasteiger partial charge in [0.2, 0.25) is 5.91 Å². The Labute approximate surface area is 177 Å². The molecule has 3 rings (SSSR count). The third-order valence-electron chi connectivity index (χ3n) is 5.90. The maximum Gasteiger partial charge on any atom is 0.219 e. The van der Waals surface area contributed by atoms with Gasteiger partial charge in [-0.15, -0.1) is 0 Å². The molecule has 2 atom stereocenters. The van der Waals surface area contributed by atoms with Gasteiger partial charge >= 0.3 is 0 Å². The molecule has 6 heteroatoms. The normalized spacial score (nSPS) is 19.3. The lowest BCUT2D eigenvalue weighted by atomic mass is 9.87. The van der Waals surface area contributed by atoms with Crippen molar-refractivity contribution in [3.63, 3.8) is 0 Å². The first-order valence-corrected chi connectivity index (χ1v) is 10.4. The van der Waals surface area contributed by atoms with Crippen molar-refractivity contribution in [3.05, 3.63) is 65.2 Å². The van der Waals surface area contributed by atoms with Gasteiger partial charge < -0.3 is 9.64 Å². The number of carbonyl (C=O) groups excluding carboxylic acids is 1. The van der Waals surface area contributed by atoms with E-state index in [0.717, 1.165) is 30.0 Å². The summed E-state index contributed by atoms with van der Waals surface area (Å²) in [4.78, 5) is 16.3. The molecule has 1 aliphatic heterocycles. The van der Waals surface area contributed by atoms with E-state index in [1.807, 2.05) is 36.9 Å². The summed E-state index contributed by atoms with van der Waals surface area (Å²) in [6, 6.07) is 12.1. The molecule has 1 amide bonds. The van der Waals surface area contributed by atoms with Crippen molar-refractivity contribution in [1.82, 2.24) is 9.80 Å². The molecule has 1 saturated heterocycles. The summed E-state index contributed by atoms with van der Waals surface area (Å²) in [6.45, 7) is 8.34. The average molecular weight is 417 g/mol. The number of halogens is 2. The molecule has 2 aromatic rings. The van der Waals surface area contributed by atoms with Crippen LogP contribution in [0.2, 0.25) is 0 Å². The molecule has 2 aromatic carbocycles. The first-order chi connectivity index (χ1) is 14.3. The van der Waals surface area contributed by atoms with Gasteiger partial charge in [0.05, 0.1) is 7.11 Å². The van der Waals surface area contributed by atoms with Gasteiger partial charge in [-0.05, 0) is 49.1 Å². The highest BCUT2D eigenvalue weighted by atomic mass is 19.2. The number of methoxy groups -OCH3 is 1. The van der Waals surface area contributed by atoms with Gasteiger partial charge in [-0.3, -0.25) is 9.69 Å². The predicted octanol–water partition coefficient (Wildman–Crippen LogP) is 4.45. The molecule has 0 N–H and O–H groups in total. The zero-order valence-electron chi connectivity index (χ0n) is 18.1. The molecule has 1 fully saturated rings. The Hall–Kier alpha value is -2.47. The van der Waals surface area contributed by atoms with E-state index in [0.29, 0.717) is 13.1 Å². The fourth-order valence-corrected chi connectivity index (χ4v) is 4.45. The van der Waals surface area contributed by atoms with E-state index in [4.69, 9.17) is 4.74 Å². The second-order valence-electron chi connectivity index (χ2n) is 8.32. The average Bonchev–Trinajstić information content (AvgIpc) is 3.10. The number of para-hydroxylation sites is 1. The van der Waals surface area contributed by atoms with Crippen LogP contribution >= 0.6 is 0 Å². The zero-order valence-corrected chi connectivity index (χ0v) is 18.1. The van der Waals surface area contributed by atoms with E-state index in [2.05, 4.69) is 11.0 Å². The first kappa shape index (κ1) is 22.2. The van der Waals surface area contributed by atoms with Crippen molar-refractivity contribution in [2.24, 2.45) is 5.92 Å². The van der Waals surface area contributed by atoms with Gasteiger partial charge in [0.15, 0.2) is 11.6 Å². The number of ether oxygens (including phenoxy) is 1. The number of amides is 1. The molecule has 162 valence electrons. The Morgan fingerprint density at radius 3 is 2.53 bits per heavy atom. The lowest BCUT2D eigenvalue weighted by Gasteiger charge is -2.31. The highest BCUT2D eigenvalue weighted by Gasteiger charge is 2.37. The van der Waals surface area contributed by atoms with Gasteiger partial charge in [-0.25, -0.2) is 8.78 Å². The largest absolute Gasteiger partial charge is 0.496 e. The molecule has 2 unspecified atom stereocenters. The third kappa shape index (κ3) is 4.98. The lowest BCUT2D eigenvalue weighted by molar-refractivity contribution is -0.131. The van der Waals surface area contributed by atoms with Gasteiger partial charge in [0, 0.05) is 45.1 Å². The Kier molecular flexibility index (Phi) is 7.08. The van der Waals surface area contributed by atoms with Crippen molar-refractivity contribution in [3.8, 4) is 5.75 Å². The van der Waals surface area contributed by atoms with Crippen molar-refractivity contribution in [2.45, 2.75) is 39.3 Å². The minimum absolute atomic E-state index is 0.0582. The molecule has 0 spiro atoms. The number of hydrogen-bond donors (Lipinski definition) is 0. The Balaban J connectivity index is 1.86. The summed E-state index contributed by atoms with van der Waals surface area (Å²) < 4.78 is 32.6.